The number of halogens is 1. The van der Waals surface area contributed by atoms with Crippen LogP contribution < -0.4 is 11.3 Å². The maximum absolute atomic E-state index is 13.4. The third kappa shape index (κ3) is 3.57. The van der Waals surface area contributed by atoms with Crippen molar-refractivity contribution < 1.29 is 4.39 Å². The van der Waals surface area contributed by atoms with Crippen molar-refractivity contribution in [3.8, 4) is 0 Å². The molecule has 0 aliphatic rings. The molecule has 3 nitrogen and oxygen atoms in total. The predicted octanol–water partition coefficient (Wildman–Crippen LogP) is 2.31. The van der Waals surface area contributed by atoms with Crippen LogP contribution in [-0.4, -0.2) is 4.98 Å². The largest absolute Gasteiger partial charge is 0.271 e. The lowest BCUT2D eigenvalue weighted by Crippen LogP contribution is -2.28. The van der Waals surface area contributed by atoms with E-state index in [-0.39, 0.29) is 11.9 Å². The van der Waals surface area contributed by atoms with Crippen LogP contribution in [0, 0.1) is 5.82 Å². The van der Waals surface area contributed by atoms with Crippen molar-refractivity contribution in [2.24, 2.45) is 5.84 Å². The number of rotatable bonds is 6. The molecule has 1 aromatic rings. The van der Waals surface area contributed by atoms with E-state index < -0.39 is 0 Å². The van der Waals surface area contributed by atoms with Gasteiger partial charge in [0.1, 0.15) is 5.82 Å². The summed E-state index contributed by atoms with van der Waals surface area (Å²) < 4.78 is 13.4. The molecule has 0 saturated heterocycles. The number of hydrazine groups is 1. The van der Waals surface area contributed by atoms with Crippen molar-refractivity contribution in [1.82, 2.24) is 10.4 Å². The van der Waals surface area contributed by atoms with Gasteiger partial charge in [-0.3, -0.25) is 16.3 Å². The number of nitrogens with one attached hydrogen (secondary N) is 1. The molecule has 4 heteroatoms. The number of unbranched alkanes of at least 4 members (excludes halogenated alkanes) is 2. The summed E-state index contributed by atoms with van der Waals surface area (Å²) >= 11 is 0. The number of hydrogen-bond donors (Lipinski definition) is 2. The number of nitrogens with two attached hydrogens (primary N) is 1. The van der Waals surface area contributed by atoms with Gasteiger partial charge in [0.15, 0.2) is 0 Å². The van der Waals surface area contributed by atoms with Crippen LogP contribution in [0.25, 0.3) is 0 Å². The van der Waals surface area contributed by atoms with Gasteiger partial charge >= 0.3 is 0 Å². The van der Waals surface area contributed by atoms with E-state index in [4.69, 9.17) is 5.84 Å². The second kappa shape index (κ2) is 6.48. The first-order valence-electron chi connectivity index (χ1n) is 5.35. The molecule has 1 aromatic heterocycles. The third-order valence-corrected chi connectivity index (χ3v) is 2.48. The van der Waals surface area contributed by atoms with E-state index >= 15 is 0 Å². The van der Waals surface area contributed by atoms with Gasteiger partial charge in [-0.25, -0.2) is 4.39 Å². The fourth-order valence-corrected chi connectivity index (χ4v) is 1.60. The van der Waals surface area contributed by atoms with Gasteiger partial charge in [0.2, 0.25) is 0 Å². The highest BCUT2D eigenvalue weighted by Gasteiger charge is 2.13. The van der Waals surface area contributed by atoms with Crippen LogP contribution in [0.15, 0.2) is 18.5 Å². The Balaban J connectivity index is 2.61. The van der Waals surface area contributed by atoms with Gasteiger partial charge in [0, 0.05) is 17.8 Å². The second-order valence-electron chi connectivity index (χ2n) is 3.61. The van der Waals surface area contributed by atoms with E-state index in [1.165, 1.54) is 6.20 Å². The van der Waals surface area contributed by atoms with Crippen LogP contribution >= 0.6 is 0 Å². The molecule has 84 valence electrons. The third-order valence-electron chi connectivity index (χ3n) is 2.48. The lowest BCUT2D eigenvalue weighted by atomic mass is 10.0. The highest BCUT2D eigenvalue weighted by atomic mass is 19.1. The molecule has 0 aromatic carbocycles. The Morgan fingerprint density at radius 2 is 2.33 bits per heavy atom. The quantitative estimate of drug-likeness (QED) is 0.431. The lowest BCUT2D eigenvalue weighted by Gasteiger charge is -2.16. The Bertz CT molecular complexity index is 291. The maximum Gasteiger partial charge on any atom is 0.146 e. The summed E-state index contributed by atoms with van der Waals surface area (Å²) in [6.45, 7) is 2.14. The van der Waals surface area contributed by atoms with Crippen molar-refractivity contribution in [2.45, 2.75) is 38.6 Å². The average Bonchev–Trinajstić information content (AvgIpc) is 2.26. The van der Waals surface area contributed by atoms with E-state index in [0.29, 0.717) is 5.56 Å². The van der Waals surface area contributed by atoms with Gasteiger partial charge < -0.3 is 0 Å². The Hall–Kier alpha value is -1.00. The van der Waals surface area contributed by atoms with Crippen LogP contribution in [0.5, 0.6) is 0 Å². The second-order valence-corrected chi connectivity index (χ2v) is 3.61. The Labute approximate surface area is 89.9 Å². The number of pyridine rings is 1. The molecule has 15 heavy (non-hydrogen) atoms. The molecule has 0 aliphatic carbocycles. The summed E-state index contributed by atoms with van der Waals surface area (Å²) in [6, 6.07) is 1.56. The van der Waals surface area contributed by atoms with Crippen molar-refractivity contribution in [1.29, 1.82) is 0 Å². The van der Waals surface area contributed by atoms with Gasteiger partial charge in [-0.05, 0) is 12.5 Å². The molecule has 0 spiro atoms. The van der Waals surface area contributed by atoms with Gasteiger partial charge in [0.05, 0.1) is 6.20 Å². The monoisotopic (exact) mass is 211 g/mol. The lowest BCUT2D eigenvalue weighted by molar-refractivity contribution is 0.462. The van der Waals surface area contributed by atoms with Gasteiger partial charge in [-0.2, -0.15) is 0 Å². The van der Waals surface area contributed by atoms with E-state index in [1.54, 1.807) is 12.3 Å². The van der Waals surface area contributed by atoms with E-state index in [0.717, 1.165) is 25.7 Å². The van der Waals surface area contributed by atoms with Crippen molar-refractivity contribution in [3.63, 3.8) is 0 Å². The van der Waals surface area contributed by atoms with Crippen LogP contribution in [0.3, 0.4) is 0 Å². The van der Waals surface area contributed by atoms with E-state index in [2.05, 4.69) is 17.3 Å². The smallest absolute Gasteiger partial charge is 0.146 e. The number of nitrogens with zero attached hydrogens (tertiary/aromatic N) is 1. The summed E-state index contributed by atoms with van der Waals surface area (Å²) in [6.07, 6.45) is 7.00. The Kier molecular flexibility index (Phi) is 5.21. The zero-order valence-corrected chi connectivity index (χ0v) is 9.04. The van der Waals surface area contributed by atoms with Crippen LogP contribution in [-0.2, 0) is 0 Å². The minimum absolute atomic E-state index is 0.112. The molecular weight excluding hydrogens is 193 g/mol. The van der Waals surface area contributed by atoms with Gasteiger partial charge in [-0.1, -0.05) is 26.2 Å². The highest BCUT2D eigenvalue weighted by Crippen LogP contribution is 2.20. The molecule has 1 heterocycles. The molecule has 0 saturated carbocycles. The molecule has 0 fully saturated rings. The van der Waals surface area contributed by atoms with Crippen LogP contribution in [0.2, 0.25) is 0 Å². The molecule has 1 atom stereocenters. The first-order chi connectivity index (χ1) is 7.29. The van der Waals surface area contributed by atoms with Crippen LogP contribution in [0.1, 0.15) is 44.2 Å². The summed E-state index contributed by atoms with van der Waals surface area (Å²) in [7, 11) is 0. The first kappa shape index (κ1) is 12.1. The molecule has 1 rings (SSSR count). The first-order valence-corrected chi connectivity index (χ1v) is 5.35. The average molecular weight is 211 g/mol. The molecule has 1 unspecified atom stereocenters. The number of aromatic nitrogens is 1. The normalized spacial score (nSPS) is 12.7. The van der Waals surface area contributed by atoms with E-state index in [1.807, 2.05) is 0 Å². The molecule has 0 bridgehead atoms. The number of hydrogen-bond acceptors (Lipinski definition) is 3. The summed E-state index contributed by atoms with van der Waals surface area (Å²) in [5.74, 6) is 5.12. The van der Waals surface area contributed by atoms with Crippen LogP contribution in [0.4, 0.5) is 4.39 Å². The zero-order chi connectivity index (χ0) is 11.1. The molecule has 3 N–H and O–H groups in total. The van der Waals surface area contributed by atoms with Crippen molar-refractivity contribution in [2.75, 3.05) is 0 Å². The zero-order valence-electron chi connectivity index (χ0n) is 9.04. The Morgan fingerprint density at radius 3 is 2.93 bits per heavy atom. The van der Waals surface area contributed by atoms with Crippen molar-refractivity contribution >= 4 is 0 Å². The fourth-order valence-electron chi connectivity index (χ4n) is 1.60. The minimum atomic E-state index is -0.294. The predicted molar refractivity (Wildman–Crippen MR) is 58.4 cm³/mol. The molecule has 0 aliphatic heterocycles. The fraction of sp³-hybridized carbons (Fsp3) is 0.545. The maximum atomic E-state index is 13.4. The molecule has 0 radical (unpaired) electrons. The summed E-state index contributed by atoms with van der Waals surface area (Å²) in [5.41, 5.74) is 3.25. The SMILES string of the molecule is CCCCCC(NN)c1ccncc1F. The molecular formula is C11H18FN3. The van der Waals surface area contributed by atoms with Gasteiger partial charge in [0.25, 0.3) is 0 Å². The standard InChI is InChI=1S/C11H18FN3/c1-2-3-4-5-11(15-13)9-6-7-14-8-10(9)12/h6-8,11,15H,2-5,13H2,1H3. The summed E-state index contributed by atoms with van der Waals surface area (Å²) in [4.78, 5) is 3.71. The highest BCUT2D eigenvalue weighted by molar-refractivity contribution is 5.16. The van der Waals surface area contributed by atoms with E-state index in [9.17, 15) is 4.39 Å². The Morgan fingerprint density at radius 1 is 1.53 bits per heavy atom. The topological polar surface area (TPSA) is 50.9 Å². The van der Waals surface area contributed by atoms with Crippen molar-refractivity contribution in [3.05, 3.63) is 29.8 Å². The summed E-state index contributed by atoms with van der Waals surface area (Å²) in [5, 5.41) is 0. The van der Waals surface area contributed by atoms with Gasteiger partial charge in [-0.15, -0.1) is 0 Å². The minimum Gasteiger partial charge on any atom is -0.271 e. The molecule has 0 amide bonds.